The Morgan fingerprint density at radius 3 is 2.39 bits per heavy atom. The third-order valence-corrected chi connectivity index (χ3v) is 4.82. The zero-order valence-corrected chi connectivity index (χ0v) is 14.9. The van der Waals surface area contributed by atoms with Gasteiger partial charge in [-0.2, -0.15) is 0 Å². The van der Waals surface area contributed by atoms with Crippen molar-refractivity contribution in [1.82, 2.24) is 10.2 Å². The first kappa shape index (κ1) is 18.4. The molecule has 2 aliphatic rings. The summed E-state index contributed by atoms with van der Waals surface area (Å²) in [6.45, 7) is 9.50. The van der Waals surface area contributed by atoms with E-state index in [-0.39, 0.29) is 12.4 Å². The summed E-state index contributed by atoms with van der Waals surface area (Å²) >= 11 is 0. The van der Waals surface area contributed by atoms with Crippen molar-refractivity contribution in [2.45, 2.75) is 26.2 Å². The Hall–Kier alpha value is -0.970. The average Bonchev–Trinajstić information content (AvgIpc) is 3.17. The Kier molecular flexibility index (Phi) is 7.00. The van der Waals surface area contributed by atoms with Gasteiger partial charge in [-0.25, -0.2) is 0 Å². The topological polar surface area (TPSA) is 33.7 Å². The predicted molar refractivity (Wildman–Crippen MR) is 95.9 cm³/mol. The van der Waals surface area contributed by atoms with Crippen LogP contribution >= 0.6 is 12.4 Å². The third-order valence-electron chi connectivity index (χ3n) is 4.82. The molecule has 1 aromatic carbocycles. The molecule has 2 heterocycles. The second-order valence-electron chi connectivity index (χ2n) is 6.62. The zero-order valence-electron chi connectivity index (χ0n) is 14.1. The van der Waals surface area contributed by atoms with E-state index in [4.69, 9.17) is 9.47 Å². The van der Waals surface area contributed by atoms with Gasteiger partial charge in [-0.1, -0.05) is 6.92 Å². The number of rotatable bonds is 7. The molecular weight excluding hydrogens is 312 g/mol. The molecule has 3 rings (SSSR count). The van der Waals surface area contributed by atoms with E-state index in [2.05, 4.69) is 17.1 Å². The summed E-state index contributed by atoms with van der Waals surface area (Å²) in [6, 6.07) is 7.97. The molecule has 1 spiro atoms. The molecule has 0 saturated carbocycles. The Balaban J connectivity index is 0.00000192. The van der Waals surface area contributed by atoms with Crippen molar-refractivity contribution in [2.24, 2.45) is 5.41 Å². The third kappa shape index (κ3) is 5.00. The first-order valence-electron chi connectivity index (χ1n) is 8.58. The van der Waals surface area contributed by atoms with Crippen molar-refractivity contribution in [2.75, 3.05) is 45.9 Å². The van der Waals surface area contributed by atoms with Crippen LogP contribution in [0.3, 0.4) is 0 Å². The summed E-state index contributed by atoms with van der Waals surface area (Å²) in [6.07, 6.45) is 3.71. The number of ether oxygens (including phenoxy) is 2. The van der Waals surface area contributed by atoms with E-state index < -0.39 is 0 Å². The molecule has 1 N–H and O–H groups in total. The maximum atomic E-state index is 5.87. The predicted octanol–water partition coefficient (Wildman–Crippen LogP) is 2.96. The van der Waals surface area contributed by atoms with Crippen LogP contribution < -0.4 is 14.8 Å². The monoisotopic (exact) mass is 340 g/mol. The molecule has 2 saturated heterocycles. The molecule has 0 bridgehead atoms. The van der Waals surface area contributed by atoms with Crippen LogP contribution in [0.4, 0.5) is 0 Å². The van der Waals surface area contributed by atoms with E-state index in [1.165, 1.54) is 39.0 Å². The van der Waals surface area contributed by atoms with Crippen LogP contribution in [0, 0.1) is 5.41 Å². The lowest BCUT2D eigenvalue weighted by Gasteiger charge is -2.22. The number of hydrogen-bond acceptors (Lipinski definition) is 4. The van der Waals surface area contributed by atoms with Crippen LogP contribution in [0.15, 0.2) is 24.3 Å². The molecule has 5 heteroatoms. The molecule has 2 aliphatic heterocycles. The van der Waals surface area contributed by atoms with E-state index >= 15 is 0 Å². The van der Waals surface area contributed by atoms with Gasteiger partial charge >= 0.3 is 0 Å². The van der Waals surface area contributed by atoms with Crippen molar-refractivity contribution in [3.8, 4) is 11.5 Å². The van der Waals surface area contributed by atoms with Crippen LogP contribution in [0.5, 0.6) is 11.5 Å². The van der Waals surface area contributed by atoms with Crippen LogP contribution in [-0.4, -0.2) is 50.8 Å². The van der Waals surface area contributed by atoms with Crippen molar-refractivity contribution < 1.29 is 9.47 Å². The SMILES string of the molecule is CCCOc1ccc(OCCN2CCC3(CCNC3)C2)cc1.Cl. The van der Waals surface area contributed by atoms with E-state index in [0.29, 0.717) is 5.41 Å². The van der Waals surface area contributed by atoms with E-state index in [9.17, 15) is 0 Å². The smallest absolute Gasteiger partial charge is 0.119 e. The fourth-order valence-corrected chi connectivity index (χ4v) is 3.51. The number of nitrogens with one attached hydrogen (secondary N) is 1. The van der Waals surface area contributed by atoms with Gasteiger partial charge < -0.3 is 14.8 Å². The number of halogens is 1. The molecule has 130 valence electrons. The Labute approximate surface area is 145 Å². The lowest BCUT2D eigenvalue weighted by molar-refractivity contribution is 0.217. The van der Waals surface area contributed by atoms with Gasteiger partial charge in [0, 0.05) is 19.6 Å². The van der Waals surface area contributed by atoms with Gasteiger partial charge in [0.25, 0.3) is 0 Å². The maximum Gasteiger partial charge on any atom is 0.119 e. The quantitative estimate of drug-likeness (QED) is 0.827. The summed E-state index contributed by atoms with van der Waals surface area (Å²) in [5, 5.41) is 3.51. The maximum absolute atomic E-state index is 5.87. The van der Waals surface area contributed by atoms with Crippen molar-refractivity contribution in [3.05, 3.63) is 24.3 Å². The lowest BCUT2D eigenvalue weighted by Crippen LogP contribution is -2.31. The number of hydrogen-bond donors (Lipinski definition) is 1. The second-order valence-corrected chi connectivity index (χ2v) is 6.62. The van der Waals surface area contributed by atoms with Gasteiger partial charge in [-0.3, -0.25) is 4.90 Å². The molecule has 0 amide bonds. The molecular formula is C18H29ClN2O2. The minimum absolute atomic E-state index is 0. The standard InChI is InChI=1S/C18H28N2O2.ClH/c1-2-12-21-16-3-5-17(6-4-16)22-13-11-20-10-8-18(15-20)7-9-19-14-18;/h3-6,19H,2,7-15H2,1H3;1H. The van der Waals surface area contributed by atoms with Crippen molar-refractivity contribution in [1.29, 1.82) is 0 Å². The number of benzene rings is 1. The summed E-state index contributed by atoms with van der Waals surface area (Å²) in [5.74, 6) is 1.85. The number of nitrogens with zero attached hydrogens (tertiary/aromatic N) is 1. The zero-order chi connectivity index (χ0) is 15.3. The number of likely N-dealkylation sites (tertiary alicyclic amines) is 1. The van der Waals surface area contributed by atoms with Gasteiger partial charge in [0.15, 0.2) is 0 Å². The highest BCUT2D eigenvalue weighted by Crippen LogP contribution is 2.35. The highest BCUT2D eigenvalue weighted by Gasteiger charge is 2.39. The normalized spacial score (nSPS) is 23.9. The van der Waals surface area contributed by atoms with Crippen LogP contribution in [-0.2, 0) is 0 Å². The largest absolute Gasteiger partial charge is 0.494 e. The molecule has 2 fully saturated rings. The fraction of sp³-hybridized carbons (Fsp3) is 0.667. The molecule has 23 heavy (non-hydrogen) atoms. The van der Waals surface area contributed by atoms with Crippen molar-refractivity contribution in [3.63, 3.8) is 0 Å². The van der Waals surface area contributed by atoms with Gasteiger partial charge in [0.2, 0.25) is 0 Å². The molecule has 0 radical (unpaired) electrons. The Morgan fingerprint density at radius 1 is 1.09 bits per heavy atom. The average molecular weight is 341 g/mol. The van der Waals surface area contributed by atoms with Gasteiger partial charge in [-0.15, -0.1) is 12.4 Å². The highest BCUT2D eigenvalue weighted by molar-refractivity contribution is 5.85. The first-order valence-corrected chi connectivity index (χ1v) is 8.58. The van der Waals surface area contributed by atoms with Crippen molar-refractivity contribution >= 4 is 12.4 Å². The van der Waals surface area contributed by atoms with Crippen LogP contribution in [0.25, 0.3) is 0 Å². The minimum Gasteiger partial charge on any atom is -0.494 e. The fourth-order valence-electron chi connectivity index (χ4n) is 3.51. The van der Waals surface area contributed by atoms with Crippen LogP contribution in [0.2, 0.25) is 0 Å². The summed E-state index contributed by atoms with van der Waals surface area (Å²) in [4.78, 5) is 2.55. The molecule has 1 atom stereocenters. The van der Waals surface area contributed by atoms with E-state index in [1.807, 2.05) is 24.3 Å². The molecule has 1 aromatic rings. The molecule has 0 aromatic heterocycles. The second kappa shape index (κ2) is 8.76. The first-order chi connectivity index (χ1) is 10.8. The van der Waals surface area contributed by atoms with Crippen LogP contribution in [0.1, 0.15) is 26.2 Å². The Morgan fingerprint density at radius 2 is 1.78 bits per heavy atom. The molecule has 4 nitrogen and oxygen atoms in total. The highest BCUT2D eigenvalue weighted by atomic mass is 35.5. The summed E-state index contributed by atoms with van der Waals surface area (Å²) < 4.78 is 11.4. The molecule has 0 aliphatic carbocycles. The summed E-state index contributed by atoms with van der Waals surface area (Å²) in [5.41, 5.74) is 0.554. The van der Waals surface area contributed by atoms with E-state index in [0.717, 1.165) is 37.7 Å². The Bertz CT molecular complexity index is 461. The summed E-state index contributed by atoms with van der Waals surface area (Å²) in [7, 11) is 0. The molecule has 1 unspecified atom stereocenters. The van der Waals surface area contributed by atoms with Gasteiger partial charge in [0.1, 0.15) is 18.1 Å². The van der Waals surface area contributed by atoms with Gasteiger partial charge in [-0.05, 0) is 62.0 Å². The minimum atomic E-state index is 0. The van der Waals surface area contributed by atoms with E-state index in [1.54, 1.807) is 0 Å². The lowest BCUT2D eigenvalue weighted by atomic mass is 9.87. The van der Waals surface area contributed by atoms with Gasteiger partial charge in [0.05, 0.1) is 6.61 Å².